The first kappa shape index (κ1) is 12.3. The number of hydrogen-bond donors (Lipinski definition) is 3. The molecule has 5 nitrogen and oxygen atoms in total. The van der Waals surface area contributed by atoms with Crippen molar-refractivity contribution in [1.82, 2.24) is 20.4 Å². The summed E-state index contributed by atoms with van der Waals surface area (Å²) >= 11 is 0. The van der Waals surface area contributed by atoms with Crippen molar-refractivity contribution in [1.29, 1.82) is 0 Å². The molecule has 0 saturated carbocycles. The fourth-order valence-electron chi connectivity index (χ4n) is 2.49. The lowest BCUT2D eigenvalue weighted by Crippen LogP contribution is -2.61. The van der Waals surface area contributed by atoms with Crippen molar-refractivity contribution in [3.63, 3.8) is 0 Å². The number of hydrogen-bond acceptors (Lipinski definition) is 5. The normalized spacial score (nSPS) is 29.4. The predicted octanol–water partition coefficient (Wildman–Crippen LogP) is -1.49. The lowest BCUT2D eigenvalue weighted by Gasteiger charge is -2.41. The molecule has 2 heterocycles. The minimum atomic E-state index is 0.314. The van der Waals surface area contributed by atoms with E-state index in [9.17, 15) is 0 Å². The van der Waals surface area contributed by atoms with Gasteiger partial charge in [-0.25, -0.2) is 0 Å². The zero-order valence-corrected chi connectivity index (χ0v) is 9.99. The van der Waals surface area contributed by atoms with Crippen molar-refractivity contribution in [3.8, 4) is 0 Å². The molecule has 0 bridgehead atoms. The van der Waals surface area contributed by atoms with Crippen molar-refractivity contribution in [2.75, 3.05) is 59.0 Å². The third-order valence-corrected chi connectivity index (χ3v) is 3.50. The van der Waals surface area contributed by atoms with E-state index in [0.29, 0.717) is 12.8 Å². The zero-order chi connectivity index (χ0) is 11.2. The fraction of sp³-hybridized carbons (Fsp3) is 1.00. The lowest BCUT2D eigenvalue weighted by atomic mass is 10.2. The number of piperazine rings is 2. The number of nitrogens with one attached hydrogen (secondary N) is 2. The Kier molecular flexibility index (Phi) is 4.99. The fourth-order valence-corrected chi connectivity index (χ4v) is 2.49. The third-order valence-electron chi connectivity index (χ3n) is 3.50. The van der Waals surface area contributed by atoms with Gasteiger partial charge in [0.25, 0.3) is 0 Å². The molecule has 0 aliphatic carbocycles. The summed E-state index contributed by atoms with van der Waals surface area (Å²) in [6.07, 6.45) is 1.43. The van der Waals surface area contributed by atoms with Crippen LogP contribution in [0.1, 0.15) is 6.42 Å². The minimum absolute atomic E-state index is 0.314. The van der Waals surface area contributed by atoms with Gasteiger partial charge in [0.05, 0.1) is 6.17 Å². The van der Waals surface area contributed by atoms with Crippen molar-refractivity contribution in [2.24, 2.45) is 0 Å². The van der Waals surface area contributed by atoms with Crippen molar-refractivity contribution < 1.29 is 5.11 Å². The van der Waals surface area contributed by atoms with Crippen LogP contribution in [0.2, 0.25) is 0 Å². The van der Waals surface area contributed by atoms with E-state index in [0.717, 1.165) is 58.8 Å². The van der Waals surface area contributed by atoms with Crippen LogP contribution in [0.3, 0.4) is 0 Å². The highest BCUT2D eigenvalue weighted by Gasteiger charge is 2.24. The molecule has 0 radical (unpaired) electrons. The molecule has 2 fully saturated rings. The molecule has 2 rings (SSSR count). The maximum Gasteiger partial charge on any atom is 0.0727 e. The second-order valence-corrected chi connectivity index (χ2v) is 4.63. The average molecular weight is 228 g/mol. The Balaban J connectivity index is 1.67. The zero-order valence-electron chi connectivity index (χ0n) is 9.99. The summed E-state index contributed by atoms with van der Waals surface area (Å²) in [5.74, 6) is 0. The summed E-state index contributed by atoms with van der Waals surface area (Å²) in [4.78, 5) is 4.98. The highest BCUT2D eigenvalue weighted by Crippen LogP contribution is 2.06. The molecule has 2 aliphatic rings. The summed E-state index contributed by atoms with van der Waals surface area (Å²) in [5.41, 5.74) is 0. The molecule has 2 aliphatic heterocycles. The van der Waals surface area contributed by atoms with E-state index >= 15 is 0 Å². The summed E-state index contributed by atoms with van der Waals surface area (Å²) in [6, 6.07) is 0. The molecular weight excluding hydrogens is 204 g/mol. The van der Waals surface area contributed by atoms with Crippen LogP contribution in [0.4, 0.5) is 0 Å². The Morgan fingerprint density at radius 2 is 1.94 bits per heavy atom. The topological polar surface area (TPSA) is 50.8 Å². The first-order valence-electron chi connectivity index (χ1n) is 6.41. The number of nitrogens with zero attached hydrogens (tertiary/aromatic N) is 2. The minimum Gasteiger partial charge on any atom is -0.396 e. The van der Waals surface area contributed by atoms with Gasteiger partial charge < -0.3 is 15.3 Å². The van der Waals surface area contributed by atoms with Crippen LogP contribution in [0.25, 0.3) is 0 Å². The third kappa shape index (κ3) is 3.40. The Bertz CT molecular complexity index is 188. The molecule has 1 unspecified atom stereocenters. The highest BCUT2D eigenvalue weighted by atomic mass is 16.3. The maximum absolute atomic E-state index is 8.80. The Morgan fingerprint density at radius 1 is 1.12 bits per heavy atom. The standard InChI is InChI=1S/C11H24N4O/c16-9-1-4-14-5-7-15(8-6-14)11-10-12-2-3-13-11/h11-13,16H,1-10H2. The van der Waals surface area contributed by atoms with Gasteiger partial charge in [0, 0.05) is 59.0 Å². The molecule has 16 heavy (non-hydrogen) atoms. The molecule has 0 spiro atoms. The highest BCUT2D eigenvalue weighted by molar-refractivity contribution is 4.81. The maximum atomic E-state index is 8.80. The average Bonchev–Trinajstić information content (AvgIpc) is 2.38. The van der Waals surface area contributed by atoms with Gasteiger partial charge >= 0.3 is 0 Å². The molecule has 0 aromatic rings. The Morgan fingerprint density at radius 3 is 2.56 bits per heavy atom. The van der Waals surface area contributed by atoms with Crippen LogP contribution in [0.15, 0.2) is 0 Å². The molecular formula is C11H24N4O. The number of aliphatic hydroxyl groups is 1. The van der Waals surface area contributed by atoms with E-state index in [1.165, 1.54) is 0 Å². The van der Waals surface area contributed by atoms with E-state index < -0.39 is 0 Å². The van der Waals surface area contributed by atoms with Crippen LogP contribution in [-0.2, 0) is 0 Å². The quantitative estimate of drug-likeness (QED) is 0.547. The van der Waals surface area contributed by atoms with Gasteiger partial charge in [-0.3, -0.25) is 10.2 Å². The van der Waals surface area contributed by atoms with E-state index in [4.69, 9.17) is 5.11 Å². The van der Waals surface area contributed by atoms with Crippen LogP contribution in [0.5, 0.6) is 0 Å². The van der Waals surface area contributed by atoms with E-state index in [1.54, 1.807) is 0 Å². The smallest absolute Gasteiger partial charge is 0.0727 e. The summed E-state index contributed by atoms with van der Waals surface area (Å²) in [7, 11) is 0. The second-order valence-electron chi connectivity index (χ2n) is 4.63. The van der Waals surface area contributed by atoms with E-state index in [2.05, 4.69) is 20.4 Å². The SMILES string of the molecule is OCCCN1CCN(C2CNCCN2)CC1. The molecule has 2 saturated heterocycles. The summed E-state index contributed by atoms with van der Waals surface area (Å²) < 4.78 is 0. The predicted molar refractivity (Wildman–Crippen MR) is 64.4 cm³/mol. The molecule has 0 aromatic heterocycles. The molecule has 0 aromatic carbocycles. The van der Waals surface area contributed by atoms with Gasteiger partial charge in [-0.05, 0) is 6.42 Å². The van der Waals surface area contributed by atoms with Crippen molar-refractivity contribution >= 4 is 0 Å². The number of rotatable bonds is 4. The van der Waals surface area contributed by atoms with Gasteiger partial charge in [-0.2, -0.15) is 0 Å². The van der Waals surface area contributed by atoms with Gasteiger partial charge in [0.15, 0.2) is 0 Å². The molecule has 5 heteroatoms. The van der Waals surface area contributed by atoms with Gasteiger partial charge in [0.2, 0.25) is 0 Å². The molecule has 3 N–H and O–H groups in total. The Labute approximate surface area is 97.8 Å². The molecule has 1 atom stereocenters. The van der Waals surface area contributed by atoms with Gasteiger partial charge in [-0.15, -0.1) is 0 Å². The lowest BCUT2D eigenvalue weighted by molar-refractivity contribution is 0.0712. The number of aliphatic hydroxyl groups excluding tert-OH is 1. The molecule has 94 valence electrons. The first-order valence-corrected chi connectivity index (χ1v) is 6.41. The van der Waals surface area contributed by atoms with Gasteiger partial charge in [-0.1, -0.05) is 0 Å². The summed E-state index contributed by atoms with van der Waals surface area (Å²) in [5, 5.41) is 15.8. The summed E-state index contributed by atoms with van der Waals surface area (Å²) in [6.45, 7) is 9.15. The largest absolute Gasteiger partial charge is 0.396 e. The van der Waals surface area contributed by atoms with E-state index in [-0.39, 0.29) is 0 Å². The van der Waals surface area contributed by atoms with Crippen molar-refractivity contribution in [3.05, 3.63) is 0 Å². The monoisotopic (exact) mass is 228 g/mol. The first-order chi connectivity index (χ1) is 7.90. The van der Waals surface area contributed by atoms with Crippen molar-refractivity contribution in [2.45, 2.75) is 12.6 Å². The van der Waals surface area contributed by atoms with Crippen LogP contribution >= 0.6 is 0 Å². The van der Waals surface area contributed by atoms with E-state index in [1.807, 2.05) is 0 Å². The van der Waals surface area contributed by atoms with Crippen LogP contribution in [0, 0.1) is 0 Å². The van der Waals surface area contributed by atoms with Crippen LogP contribution < -0.4 is 10.6 Å². The van der Waals surface area contributed by atoms with Gasteiger partial charge in [0.1, 0.15) is 0 Å². The molecule has 0 amide bonds. The second kappa shape index (κ2) is 6.51. The Hall–Kier alpha value is -0.200. The van der Waals surface area contributed by atoms with Crippen LogP contribution in [-0.4, -0.2) is 80.0 Å².